The second-order valence-electron chi connectivity index (χ2n) is 4.71. The second-order valence-corrected chi connectivity index (χ2v) is 4.71. The first-order valence-corrected chi connectivity index (χ1v) is 6.41. The summed E-state index contributed by atoms with van der Waals surface area (Å²) in [5.74, 6) is -0.144. The Labute approximate surface area is 122 Å². The van der Waals surface area contributed by atoms with Crippen LogP contribution >= 0.6 is 0 Å². The molecule has 0 aromatic heterocycles. The van der Waals surface area contributed by atoms with E-state index >= 15 is 0 Å². The minimum atomic E-state index is -1.01. The number of hydrogen-bond acceptors (Lipinski definition) is 2. The molecule has 0 spiro atoms. The minimum absolute atomic E-state index is 0.280. The van der Waals surface area contributed by atoms with Crippen LogP contribution in [0.2, 0.25) is 0 Å². The highest BCUT2D eigenvalue weighted by Crippen LogP contribution is 2.27. The molecule has 0 saturated carbocycles. The first kappa shape index (κ1) is 14.8. The number of carboxylic acid groups (broad SMARTS) is 1. The van der Waals surface area contributed by atoms with Crippen molar-refractivity contribution < 1.29 is 19.0 Å². The summed E-state index contributed by atoms with van der Waals surface area (Å²) in [6, 6.07) is 9.92. The fraction of sp³-hybridized carbons (Fsp3) is 0.118. The lowest BCUT2D eigenvalue weighted by atomic mass is 10.1. The lowest BCUT2D eigenvalue weighted by Crippen LogP contribution is -1.91. The van der Waals surface area contributed by atoms with Gasteiger partial charge < -0.3 is 9.84 Å². The maximum Gasteiger partial charge on any atom is 0.328 e. The van der Waals surface area contributed by atoms with Gasteiger partial charge >= 0.3 is 5.97 Å². The summed E-state index contributed by atoms with van der Waals surface area (Å²) in [7, 11) is 0. The third kappa shape index (κ3) is 3.92. The van der Waals surface area contributed by atoms with Gasteiger partial charge in [0.2, 0.25) is 0 Å². The van der Waals surface area contributed by atoms with Crippen molar-refractivity contribution in [1.29, 1.82) is 0 Å². The predicted octanol–water partition coefficient (Wildman–Crippen LogP) is 4.33. The number of aryl methyl sites for hydroxylation is 2. The molecule has 0 fully saturated rings. The minimum Gasteiger partial charge on any atom is -0.478 e. The van der Waals surface area contributed by atoms with Crippen molar-refractivity contribution in [3.63, 3.8) is 0 Å². The number of carbonyl (C=O) groups is 1. The highest BCUT2D eigenvalue weighted by atomic mass is 19.1. The molecule has 2 aromatic carbocycles. The monoisotopic (exact) mass is 286 g/mol. The molecule has 4 heteroatoms. The Morgan fingerprint density at radius 1 is 1.14 bits per heavy atom. The van der Waals surface area contributed by atoms with Crippen molar-refractivity contribution in [3.8, 4) is 11.5 Å². The van der Waals surface area contributed by atoms with Crippen molar-refractivity contribution in [2.24, 2.45) is 0 Å². The van der Waals surface area contributed by atoms with Gasteiger partial charge in [-0.05, 0) is 60.9 Å². The highest BCUT2D eigenvalue weighted by Gasteiger charge is 2.05. The lowest BCUT2D eigenvalue weighted by molar-refractivity contribution is -0.131. The fourth-order valence-corrected chi connectivity index (χ4v) is 1.81. The number of halogens is 1. The predicted molar refractivity (Wildman–Crippen MR) is 79.1 cm³/mol. The molecule has 0 heterocycles. The molecule has 0 saturated heterocycles. The number of ether oxygens (including phenoxy) is 1. The quantitative estimate of drug-likeness (QED) is 0.851. The normalized spacial score (nSPS) is 10.8. The van der Waals surface area contributed by atoms with Crippen LogP contribution in [0.15, 0.2) is 42.5 Å². The molecule has 0 radical (unpaired) electrons. The molecule has 0 aliphatic carbocycles. The maximum atomic E-state index is 13.2. The van der Waals surface area contributed by atoms with E-state index in [9.17, 15) is 9.18 Å². The van der Waals surface area contributed by atoms with Crippen LogP contribution in [0.5, 0.6) is 11.5 Å². The molecule has 1 N–H and O–H groups in total. The molecule has 108 valence electrons. The Hall–Kier alpha value is -2.62. The number of hydrogen-bond donors (Lipinski definition) is 1. The van der Waals surface area contributed by atoms with Crippen LogP contribution in [0.4, 0.5) is 4.39 Å². The lowest BCUT2D eigenvalue weighted by Gasteiger charge is -2.10. The van der Waals surface area contributed by atoms with Crippen molar-refractivity contribution in [3.05, 3.63) is 65.0 Å². The van der Waals surface area contributed by atoms with E-state index in [0.29, 0.717) is 17.1 Å². The van der Waals surface area contributed by atoms with E-state index in [1.807, 2.05) is 13.0 Å². The van der Waals surface area contributed by atoms with Crippen molar-refractivity contribution in [1.82, 2.24) is 0 Å². The zero-order valence-corrected chi connectivity index (χ0v) is 11.8. The molecule has 21 heavy (non-hydrogen) atoms. The van der Waals surface area contributed by atoms with E-state index in [0.717, 1.165) is 17.2 Å². The summed E-state index contributed by atoms with van der Waals surface area (Å²) in [4.78, 5) is 10.5. The third-order valence-corrected chi connectivity index (χ3v) is 2.99. The Morgan fingerprint density at radius 2 is 1.90 bits per heavy atom. The Balaban J connectivity index is 2.28. The third-order valence-electron chi connectivity index (χ3n) is 2.99. The number of benzene rings is 2. The van der Waals surface area contributed by atoms with Crippen LogP contribution in [-0.4, -0.2) is 11.1 Å². The van der Waals surface area contributed by atoms with Crippen LogP contribution in [-0.2, 0) is 4.79 Å². The van der Waals surface area contributed by atoms with Crippen molar-refractivity contribution in [2.45, 2.75) is 13.8 Å². The molecule has 0 aliphatic heterocycles. The van der Waals surface area contributed by atoms with E-state index < -0.39 is 5.97 Å². The summed E-state index contributed by atoms with van der Waals surface area (Å²) in [5, 5.41) is 8.64. The van der Waals surface area contributed by atoms with Gasteiger partial charge in [-0.1, -0.05) is 12.1 Å². The molecular weight excluding hydrogens is 271 g/mol. The molecule has 0 bridgehead atoms. The van der Waals surface area contributed by atoms with E-state index in [4.69, 9.17) is 9.84 Å². The van der Waals surface area contributed by atoms with Crippen LogP contribution in [0.25, 0.3) is 6.08 Å². The molecule has 2 aromatic rings. The Morgan fingerprint density at radius 3 is 2.57 bits per heavy atom. The fourth-order valence-electron chi connectivity index (χ4n) is 1.81. The smallest absolute Gasteiger partial charge is 0.328 e. The first-order chi connectivity index (χ1) is 9.95. The topological polar surface area (TPSA) is 46.5 Å². The van der Waals surface area contributed by atoms with Gasteiger partial charge in [-0.25, -0.2) is 9.18 Å². The summed E-state index contributed by atoms with van der Waals surface area (Å²) >= 11 is 0. The van der Waals surface area contributed by atoms with Gasteiger partial charge in [0.15, 0.2) is 0 Å². The summed E-state index contributed by atoms with van der Waals surface area (Å²) in [5.41, 5.74) is 2.13. The molecule has 0 unspecified atom stereocenters. The van der Waals surface area contributed by atoms with Gasteiger partial charge in [-0.3, -0.25) is 0 Å². The van der Waals surface area contributed by atoms with Crippen molar-refractivity contribution in [2.75, 3.05) is 0 Å². The standard InChI is InChI=1S/C17H15FO3/c1-11-3-4-13(5-8-17(19)20)10-16(11)21-14-6-7-15(18)12(2)9-14/h3-10H,1-2H3,(H,19,20)/b8-5+. The zero-order chi connectivity index (χ0) is 15.4. The largest absolute Gasteiger partial charge is 0.478 e. The summed E-state index contributed by atoms with van der Waals surface area (Å²) in [6.07, 6.45) is 2.56. The van der Waals surface area contributed by atoms with Crippen LogP contribution in [0.3, 0.4) is 0 Å². The average Bonchev–Trinajstić information content (AvgIpc) is 2.43. The van der Waals surface area contributed by atoms with Crippen LogP contribution in [0, 0.1) is 19.7 Å². The average molecular weight is 286 g/mol. The summed E-state index contributed by atoms with van der Waals surface area (Å²) < 4.78 is 19.0. The van der Waals surface area contributed by atoms with Gasteiger partial charge in [-0.2, -0.15) is 0 Å². The molecule has 0 aliphatic rings. The Kier molecular flexibility index (Phi) is 4.38. The van der Waals surface area contributed by atoms with E-state index in [1.54, 1.807) is 31.2 Å². The van der Waals surface area contributed by atoms with Gasteiger partial charge in [0, 0.05) is 6.08 Å². The van der Waals surface area contributed by atoms with Crippen molar-refractivity contribution >= 4 is 12.0 Å². The van der Waals surface area contributed by atoms with Crippen LogP contribution in [0.1, 0.15) is 16.7 Å². The summed E-state index contributed by atoms with van der Waals surface area (Å²) in [6.45, 7) is 3.55. The molecule has 3 nitrogen and oxygen atoms in total. The highest BCUT2D eigenvalue weighted by molar-refractivity contribution is 5.85. The van der Waals surface area contributed by atoms with Gasteiger partial charge in [0.05, 0.1) is 0 Å². The number of aliphatic carboxylic acids is 1. The molecule has 2 rings (SSSR count). The van der Waals surface area contributed by atoms with E-state index in [1.165, 1.54) is 12.1 Å². The molecule has 0 atom stereocenters. The first-order valence-electron chi connectivity index (χ1n) is 6.41. The van der Waals surface area contributed by atoms with E-state index in [2.05, 4.69) is 0 Å². The second kappa shape index (κ2) is 6.22. The number of rotatable bonds is 4. The SMILES string of the molecule is Cc1cc(Oc2cc(/C=C/C(=O)O)ccc2C)ccc1F. The van der Waals surface area contributed by atoms with Gasteiger partial charge in [0.1, 0.15) is 17.3 Å². The van der Waals surface area contributed by atoms with Gasteiger partial charge in [-0.15, -0.1) is 0 Å². The van der Waals surface area contributed by atoms with E-state index in [-0.39, 0.29) is 5.82 Å². The zero-order valence-electron chi connectivity index (χ0n) is 11.8. The number of carboxylic acids is 1. The maximum absolute atomic E-state index is 13.2. The molecular formula is C17H15FO3. The molecule has 0 amide bonds. The van der Waals surface area contributed by atoms with Crippen LogP contribution < -0.4 is 4.74 Å². The van der Waals surface area contributed by atoms with Gasteiger partial charge in [0.25, 0.3) is 0 Å². The Bertz CT molecular complexity index is 705.